The minimum Gasteiger partial charge on any atom is -0.354 e. The highest BCUT2D eigenvalue weighted by atomic mass is 16.2. The van der Waals surface area contributed by atoms with Crippen LogP contribution in [0.4, 0.5) is 0 Å². The van der Waals surface area contributed by atoms with Crippen molar-refractivity contribution in [3.8, 4) is 0 Å². The van der Waals surface area contributed by atoms with E-state index < -0.39 is 6.04 Å². The first-order valence-corrected chi connectivity index (χ1v) is 6.98. The third-order valence-electron chi connectivity index (χ3n) is 3.58. The van der Waals surface area contributed by atoms with E-state index in [9.17, 15) is 4.79 Å². The number of hydrogen-bond acceptors (Lipinski definition) is 2. The Morgan fingerprint density at radius 1 is 1.32 bits per heavy atom. The molecule has 19 heavy (non-hydrogen) atoms. The predicted molar refractivity (Wildman–Crippen MR) is 77.6 cm³/mol. The van der Waals surface area contributed by atoms with Gasteiger partial charge in [-0.2, -0.15) is 0 Å². The van der Waals surface area contributed by atoms with Crippen LogP contribution in [-0.2, 0) is 11.2 Å². The van der Waals surface area contributed by atoms with Gasteiger partial charge in [0.1, 0.15) is 0 Å². The number of hydrogen-bond donors (Lipinski definition) is 2. The third-order valence-corrected chi connectivity index (χ3v) is 3.58. The number of nitrogens with one attached hydrogen (secondary N) is 1. The van der Waals surface area contributed by atoms with Crippen LogP contribution >= 0.6 is 0 Å². The lowest BCUT2D eigenvalue weighted by Crippen LogP contribution is -2.43. The lowest BCUT2D eigenvalue weighted by molar-refractivity contribution is -0.122. The van der Waals surface area contributed by atoms with Crippen molar-refractivity contribution < 1.29 is 4.79 Å². The van der Waals surface area contributed by atoms with E-state index in [0.717, 1.165) is 31.4 Å². The smallest absolute Gasteiger partial charge is 0.237 e. The summed E-state index contributed by atoms with van der Waals surface area (Å²) in [6, 6.07) is 9.44. The van der Waals surface area contributed by atoms with E-state index in [-0.39, 0.29) is 5.91 Å². The summed E-state index contributed by atoms with van der Waals surface area (Å²) in [5, 5.41) is 2.97. The van der Waals surface area contributed by atoms with Crippen molar-refractivity contribution in [1.29, 1.82) is 0 Å². The Labute approximate surface area is 114 Å². The van der Waals surface area contributed by atoms with Crippen LogP contribution in [-0.4, -0.2) is 18.5 Å². The summed E-state index contributed by atoms with van der Waals surface area (Å²) in [5.74, 6) is 0.524. The highest BCUT2D eigenvalue weighted by molar-refractivity contribution is 5.81. The number of amides is 1. The fraction of sp³-hybridized carbons (Fsp3) is 0.438. The van der Waals surface area contributed by atoms with Crippen molar-refractivity contribution in [1.82, 2.24) is 5.32 Å². The third kappa shape index (κ3) is 4.52. The summed E-state index contributed by atoms with van der Waals surface area (Å²) in [6.45, 7) is 0.742. The Hall–Kier alpha value is -1.61. The number of rotatable bonds is 5. The maximum Gasteiger partial charge on any atom is 0.237 e. The van der Waals surface area contributed by atoms with Gasteiger partial charge in [-0.25, -0.2) is 0 Å². The average Bonchev–Trinajstić information content (AvgIpc) is 2.47. The number of benzene rings is 1. The second-order valence-corrected chi connectivity index (χ2v) is 5.19. The Morgan fingerprint density at radius 2 is 2.11 bits per heavy atom. The molecule has 2 rings (SSSR count). The first-order valence-electron chi connectivity index (χ1n) is 6.98. The first-order chi connectivity index (χ1) is 9.25. The average molecular weight is 258 g/mol. The van der Waals surface area contributed by atoms with E-state index in [2.05, 4.69) is 17.5 Å². The second-order valence-electron chi connectivity index (χ2n) is 5.19. The zero-order valence-corrected chi connectivity index (χ0v) is 11.2. The lowest BCUT2D eigenvalue weighted by atomic mass is 9.94. The van der Waals surface area contributed by atoms with Gasteiger partial charge in [0.2, 0.25) is 5.91 Å². The molecule has 2 atom stereocenters. The SMILES string of the molecule is N[C@@H](Cc1ccccc1)C(=O)NCC1CC=CCC1. The molecule has 0 radical (unpaired) electrons. The lowest BCUT2D eigenvalue weighted by Gasteiger charge is -2.19. The summed E-state index contributed by atoms with van der Waals surface area (Å²) in [7, 11) is 0. The van der Waals surface area contributed by atoms with E-state index in [0.29, 0.717) is 12.3 Å². The molecule has 3 heteroatoms. The van der Waals surface area contributed by atoms with Crippen molar-refractivity contribution in [3.05, 3.63) is 48.0 Å². The highest BCUT2D eigenvalue weighted by Crippen LogP contribution is 2.16. The van der Waals surface area contributed by atoms with Crippen molar-refractivity contribution >= 4 is 5.91 Å². The van der Waals surface area contributed by atoms with Gasteiger partial charge in [-0.3, -0.25) is 4.79 Å². The van der Waals surface area contributed by atoms with Crippen LogP contribution < -0.4 is 11.1 Å². The van der Waals surface area contributed by atoms with Crippen LogP contribution in [0.3, 0.4) is 0 Å². The zero-order valence-electron chi connectivity index (χ0n) is 11.2. The second kappa shape index (κ2) is 7.10. The molecule has 1 aliphatic rings. The maximum absolute atomic E-state index is 11.9. The van der Waals surface area contributed by atoms with Crippen LogP contribution in [0.25, 0.3) is 0 Å². The number of allylic oxidation sites excluding steroid dienone is 2. The Balaban J connectivity index is 1.74. The molecule has 1 aromatic carbocycles. The normalized spacial score (nSPS) is 19.9. The molecule has 0 bridgehead atoms. The van der Waals surface area contributed by atoms with Gasteiger partial charge in [0.15, 0.2) is 0 Å². The Morgan fingerprint density at radius 3 is 2.79 bits per heavy atom. The van der Waals surface area contributed by atoms with E-state index >= 15 is 0 Å². The number of nitrogens with two attached hydrogens (primary N) is 1. The van der Waals surface area contributed by atoms with E-state index in [1.54, 1.807) is 0 Å². The highest BCUT2D eigenvalue weighted by Gasteiger charge is 2.16. The van der Waals surface area contributed by atoms with Crippen LogP contribution in [0.2, 0.25) is 0 Å². The molecule has 1 amide bonds. The van der Waals surface area contributed by atoms with Crippen LogP contribution in [0, 0.1) is 5.92 Å². The standard InChI is InChI=1S/C16H22N2O/c17-15(11-13-7-3-1-4-8-13)16(19)18-12-14-9-5-2-6-10-14/h1-5,7-8,14-15H,6,9-12,17H2,(H,18,19)/t14?,15-/m0/s1. The van der Waals surface area contributed by atoms with Crippen LogP contribution in [0.15, 0.2) is 42.5 Å². The van der Waals surface area contributed by atoms with Crippen molar-refractivity contribution in [2.45, 2.75) is 31.7 Å². The zero-order chi connectivity index (χ0) is 13.5. The predicted octanol–water partition coefficient (Wildman–Crippen LogP) is 2.03. The summed E-state index contributed by atoms with van der Waals surface area (Å²) in [4.78, 5) is 11.9. The summed E-state index contributed by atoms with van der Waals surface area (Å²) >= 11 is 0. The quantitative estimate of drug-likeness (QED) is 0.794. The molecule has 3 nitrogen and oxygen atoms in total. The Kier molecular flexibility index (Phi) is 5.16. The van der Waals surface area contributed by atoms with E-state index in [4.69, 9.17) is 5.73 Å². The van der Waals surface area contributed by atoms with Crippen LogP contribution in [0.1, 0.15) is 24.8 Å². The molecule has 1 aromatic rings. The molecule has 1 unspecified atom stereocenters. The monoisotopic (exact) mass is 258 g/mol. The molecule has 0 saturated heterocycles. The number of carbonyl (C=O) groups excluding carboxylic acids is 1. The fourth-order valence-corrected chi connectivity index (χ4v) is 2.38. The van der Waals surface area contributed by atoms with Gasteiger partial charge < -0.3 is 11.1 Å². The molecule has 1 aliphatic carbocycles. The van der Waals surface area contributed by atoms with Gasteiger partial charge in [0.05, 0.1) is 6.04 Å². The molecule has 0 fully saturated rings. The van der Waals surface area contributed by atoms with E-state index in [1.807, 2.05) is 30.3 Å². The fourth-order valence-electron chi connectivity index (χ4n) is 2.38. The molecular formula is C16H22N2O. The van der Waals surface area contributed by atoms with Crippen molar-refractivity contribution in [2.24, 2.45) is 11.7 Å². The largest absolute Gasteiger partial charge is 0.354 e. The molecule has 0 aromatic heterocycles. The van der Waals surface area contributed by atoms with Crippen LogP contribution in [0.5, 0.6) is 0 Å². The Bertz CT molecular complexity index is 428. The van der Waals surface area contributed by atoms with Crippen molar-refractivity contribution in [3.63, 3.8) is 0 Å². The molecule has 3 N–H and O–H groups in total. The minimum atomic E-state index is -0.457. The van der Waals surface area contributed by atoms with Gasteiger partial charge >= 0.3 is 0 Å². The summed E-state index contributed by atoms with van der Waals surface area (Å²) in [5.41, 5.74) is 7.04. The van der Waals surface area contributed by atoms with E-state index in [1.165, 1.54) is 0 Å². The van der Waals surface area contributed by atoms with Gasteiger partial charge in [0, 0.05) is 6.54 Å². The number of carbonyl (C=O) groups is 1. The first kappa shape index (κ1) is 13.8. The minimum absolute atomic E-state index is 0.0431. The maximum atomic E-state index is 11.9. The molecule has 0 heterocycles. The van der Waals surface area contributed by atoms with Gasteiger partial charge in [-0.05, 0) is 37.2 Å². The topological polar surface area (TPSA) is 55.1 Å². The summed E-state index contributed by atoms with van der Waals surface area (Å²) < 4.78 is 0. The molecule has 0 spiro atoms. The van der Waals surface area contributed by atoms with Gasteiger partial charge in [-0.15, -0.1) is 0 Å². The van der Waals surface area contributed by atoms with Gasteiger partial charge in [-0.1, -0.05) is 42.5 Å². The summed E-state index contributed by atoms with van der Waals surface area (Å²) in [6.07, 6.45) is 8.34. The van der Waals surface area contributed by atoms with Crippen molar-refractivity contribution in [2.75, 3.05) is 6.54 Å². The van der Waals surface area contributed by atoms with Gasteiger partial charge in [0.25, 0.3) is 0 Å². The molecule has 0 aliphatic heterocycles. The molecule has 0 saturated carbocycles. The molecular weight excluding hydrogens is 236 g/mol. The molecule has 102 valence electrons.